The van der Waals surface area contributed by atoms with Crippen LogP contribution in [0.5, 0.6) is 0 Å². The van der Waals surface area contributed by atoms with Crippen LogP contribution < -0.4 is 0 Å². The molecular formula is C36H52N2O3. The third-order valence-corrected chi connectivity index (χ3v) is 11.4. The van der Waals surface area contributed by atoms with Gasteiger partial charge in [0.1, 0.15) is 6.23 Å². The number of hydrogen-bond donors (Lipinski definition) is 0. The first-order valence-corrected chi connectivity index (χ1v) is 15.3. The van der Waals surface area contributed by atoms with Crippen molar-refractivity contribution in [1.29, 1.82) is 0 Å². The van der Waals surface area contributed by atoms with E-state index in [0.29, 0.717) is 26.1 Å². The summed E-state index contributed by atoms with van der Waals surface area (Å²) in [4.78, 5) is 30.2. The fourth-order valence-electron chi connectivity index (χ4n) is 6.91. The van der Waals surface area contributed by atoms with E-state index in [9.17, 15) is 9.59 Å². The molecule has 2 aliphatic rings. The lowest BCUT2D eigenvalue weighted by Crippen LogP contribution is -2.51. The molecule has 2 aromatic carbocycles. The maximum absolute atomic E-state index is 13.5. The highest BCUT2D eigenvalue weighted by molar-refractivity contribution is 6.03. The highest BCUT2D eigenvalue weighted by Crippen LogP contribution is 2.60. The van der Waals surface area contributed by atoms with Gasteiger partial charge in [-0.3, -0.25) is 19.4 Å². The zero-order valence-corrected chi connectivity index (χ0v) is 27.0. The van der Waals surface area contributed by atoms with Crippen LogP contribution >= 0.6 is 0 Å². The molecule has 2 aromatic rings. The Balaban J connectivity index is 1.38. The van der Waals surface area contributed by atoms with Gasteiger partial charge in [0, 0.05) is 31.6 Å². The van der Waals surface area contributed by atoms with Gasteiger partial charge in [-0.15, -0.1) is 0 Å². The topological polar surface area (TPSA) is 49.9 Å². The molecule has 2 fully saturated rings. The number of likely N-dealkylation sites (tertiary alicyclic amines) is 1. The number of carbonyl (C=O) groups excluding carboxylic acids is 2. The second kappa shape index (κ2) is 11.3. The van der Waals surface area contributed by atoms with Gasteiger partial charge in [-0.2, -0.15) is 0 Å². The molecule has 0 saturated carbocycles. The second-order valence-corrected chi connectivity index (χ2v) is 15.1. The maximum atomic E-state index is 13.5. The minimum atomic E-state index is -0.312. The van der Waals surface area contributed by atoms with Crippen molar-refractivity contribution < 1.29 is 14.3 Å². The molecule has 2 saturated heterocycles. The number of fused-ring (bicyclic) bond motifs is 1. The van der Waals surface area contributed by atoms with E-state index in [1.54, 1.807) is 0 Å². The third-order valence-electron chi connectivity index (χ3n) is 11.4. The van der Waals surface area contributed by atoms with E-state index in [-0.39, 0.29) is 52.0 Å². The zero-order chi connectivity index (χ0) is 30.4. The summed E-state index contributed by atoms with van der Waals surface area (Å²) in [6.07, 6.45) is 1.50. The molecule has 2 aliphatic heterocycles. The first kappa shape index (κ1) is 31.4. The molecule has 41 heavy (non-hydrogen) atoms. The SMILES string of the molecule is C=C(CC1CC(=O)N(CCN2CCOC2c2cccc3ccccc23)C1=O)CC(C)(C)C(C)(C)C(C)(C)C(C)(C)C. The number of rotatable bonds is 10. The van der Waals surface area contributed by atoms with E-state index in [4.69, 9.17) is 4.74 Å². The summed E-state index contributed by atoms with van der Waals surface area (Å²) in [6, 6.07) is 14.6. The van der Waals surface area contributed by atoms with Crippen LogP contribution in [0.4, 0.5) is 0 Å². The number of amides is 2. The summed E-state index contributed by atoms with van der Waals surface area (Å²) in [5, 5.41) is 2.36. The van der Waals surface area contributed by atoms with Crippen LogP contribution in [0, 0.1) is 27.6 Å². The van der Waals surface area contributed by atoms with Crippen molar-refractivity contribution in [2.75, 3.05) is 26.2 Å². The van der Waals surface area contributed by atoms with Crippen LogP contribution in [0.25, 0.3) is 10.8 Å². The highest BCUT2D eigenvalue weighted by Gasteiger charge is 2.53. The lowest BCUT2D eigenvalue weighted by molar-refractivity contribution is -0.139. The van der Waals surface area contributed by atoms with Crippen molar-refractivity contribution in [1.82, 2.24) is 9.80 Å². The summed E-state index contributed by atoms with van der Waals surface area (Å²) in [7, 11) is 0. The first-order valence-electron chi connectivity index (χ1n) is 15.3. The number of nitrogens with zero attached hydrogens (tertiary/aromatic N) is 2. The molecule has 5 heteroatoms. The van der Waals surface area contributed by atoms with Crippen LogP contribution in [0.15, 0.2) is 54.6 Å². The molecule has 0 N–H and O–H groups in total. The lowest BCUT2D eigenvalue weighted by Gasteiger charge is -2.58. The Morgan fingerprint density at radius 3 is 2.24 bits per heavy atom. The number of benzene rings is 2. The van der Waals surface area contributed by atoms with Gasteiger partial charge in [0.2, 0.25) is 11.8 Å². The van der Waals surface area contributed by atoms with E-state index in [0.717, 1.165) is 24.1 Å². The number of allylic oxidation sites excluding steroid dienone is 1. The highest BCUT2D eigenvalue weighted by atomic mass is 16.5. The van der Waals surface area contributed by atoms with Gasteiger partial charge in [0.05, 0.1) is 12.5 Å². The molecule has 2 atom stereocenters. The molecule has 0 spiro atoms. The predicted molar refractivity (Wildman–Crippen MR) is 168 cm³/mol. The largest absolute Gasteiger partial charge is 0.357 e. The van der Waals surface area contributed by atoms with Crippen LogP contribution in [0.1, 0.15) is 93.4 Å². The van der Waals surface area contributed by atoms with Gasteiger partial charge in [0.15, 0.2) is 0 Å². The normalized spacial score (nSPS) is 21.3. The molecule has 0 bridgehead atoms. The molecule has 2 unspecified atom stereocenters. The monoisotopic (exact) mass is 560 g/mol. The lowest BCUT2D eigenvalue weighted by atomic mass is 9.47. The minimum absolute atomic E-state index is 0.0150. The molecule has 0 aliphatic carbocycles. The van der Waals surface area contributed by atoms with Crippen molar-refractivity contribution in [3.8, 4) is 0 Å². The zero-order valence-electron chi connectivity index (χ0n) is 27.0. The van der Waals surface area contributed by atoms with Gasteiger partial charge < -0.3 is 4.74 Å². The molecule has 0 aromatic heterocycles. The molecular weight excluding hydrogens is 508 g/mol. The molecule has 2 heterocycles. The summed E-state index contributed by atoms with van der Waals surface area (Å²) in [6.45, 7) is 27.9. The standard InChI is InChI=1S/C36H52N2O3/c1-25(24-34(5,6)36(9,10)35(7,8)33(2,3)4)22-27-23-30(39)38(31(27)40)19-18-37-20-21-41-32(37)29-17-13-15-26-14-11-12-16-28(26)29/h11-17,27,32H,1,18-24H2,2-10H3. The average molecular weight is 561 g/mol. The van der Waals surface area contributed by atoms with E-state index >= 15 is 0 Å². The maximum Gasteiger partial charge on any atom is 0.233 e. The Hall–Kier alpha value is -2.50. The molecule has 224 valence electrons. The van der Waals surface area contributed by atoms with Crippen molar-refractivity contribution in [3.05, 3.63) is 60.2 Å². The summed E-state index contributed by atoms with van der Waals surface area (Å²) in [5.74, 6) is -0.429. The van der Waals surface area contributed by atoms with Crippen LogP contribution in [0.3, 0.4) is 0 Å². The smallest absolute Gasteiger partial charge is 0.233 e. The van der Waals surface area contributed by atoms with Gasteiger partial charge in [-0.1, -0.05) is 117 Å². The molecule has 5 nitrogen and oxygen atoms in total. The number of imide groups is 1. The van der Waals surface area contributed by atoms with Crippen molar-refractivity contribution in [2.24, 2.45) is 27.6 Å². The Labute approximate surface area is 248 Å². The van der Waals surface area contributed by atoms with Gasteiger partial charge in [-0.05, 0) is 45.3 Å². The van der Waals surface area contributed by atoms with E-state index in [1.807, 2.05) is 12.1 Å². The Morgan fingerprint density at radius 1 is 0.902 bits per heavy atom. The quantitative estimate of drug-likeness (QED) is 0.218. The predicted octanol–water partition coefficient (Wildman–Crippen LogP) is 8.01. The summed E-state index contributed by atoms with van der Waals surface area (Å²) in [5.41, 5.74) is 2.39. The van der Waals surface area contributed by atoms with Crippen molar-refractivity contribution in [2.45, 2.75) is 87.8 Å². The van der Waals surface area contributed by atoms with Crippen LogP contribution in [-0.2, 0) is 14.3 Å². The Bertz CT molecular complexity index is 1290. The summed E-state index contributed by atoms with van der Waals surface area (Å²) < 4.78 is 6.15. The number of carbonyl (C=O) groups is 2. The Morgan fingerprint density at radius 2 is 1.56 bits per heavy atom. The van der Waals surface area contributed by atoms with Crippen LogP contribution in [-0.4, -0.2) is 47.9 Å². The number of ether oxygens (including phenoxy) is 1. The van der Waals surface area contributed by atoms with E-state index in [2.05, 4.69) is 104 Å². The molecule has 0 radical (unpaired) electrons. The minimum Gasteiger partial charge on any atom is -0.357 e. The second-order valence-electron chi connectivity index (χ2n) is 15.1. The fourth-order valence-corrected chi connectivity index (χ4v) is 6.91. The first-order chi connectivity index (χ1) is 19.0. The Kier molecular flexibility index (Phi) is 8.66. The van der Waals surface area contributed by atoms with Crippen molar-refractivity contribution >= 4 is 22.6 Å². The van der Waals surface area contributed by atoms with E-state index in [1.165, 1.54) is 15.7 Å². The number of hydrogen-bond acceptors (Lipinski definition) is 4. The van der Waals surface area contributed by atoms with Gasteiger partial charge >= 0.3 is 0 Å². The molecule has 2 amide bonds. The fraction of sp³-hybridized carbons (Fsp3) is 0.611. The average Bonchev–Trinajstić information content (AvgIpc) is 3.44. The van der Waals surface area contributed by atoms with Gasteiger partial charge in [-0.25, -0.2) is 0 Å². The van der Waals surface area contributed by atoms with Crippen LogP contribution in [0.2, 0.25) is 0 Å². The van der Waals surface area contributed by atoms with Crippen molar-refractivity contribution in [3.63, 3.8) is 0 Å². The summed E-state index contributed by atoms with van der Waals surface area (Å²) >= 11 is 0. The molecule has 4 rings (SSSR count). The third kappa shape index (κ3) is 5.90. The van der Waals surface area contributed by atoms with Gasteiger partial charge in [0.25, 0.3) is 0 Å². The van der Waals surface area contributed by atoms with E-state index < -0.39 is 0 Å².